The highest BCUT2D eigenvalue weighted by molar-refractivity contribution is 8.00. The minimum Gasteiger partial charge on any atom is -0.316 e. The van der Waals surface area contributed by atoms with E-state index in [1.54, 1.807) is 0 Å². The Labute approximate surface area is 102 Å². The van der Waals surface area contributed by atoms with Crippen LogP contribution in [0.2, 0.25) is 0 Å². The van der Waals surface area contributed by atoms with Gasteiger partial charge in [0.15, 0.2) is 0 Å². The molecule has 86 valence electrons. The van der Waals surface area contributed by atoms with Crippen LogP contribution in [0, 0.1) is 0 Å². The molecule has 1 aromatic rings. The molecule has 2 rings (SSSR count). The summed E-state index contributed by atoms with van der Waals surface area (Å²) in [4.78, 5) is 1.46. The van der Waals surface area contributed by atoms with Crippen LogP contribution in [-0.2, 0) is 6.42 Å². The van der Waals surface area contributed by atoms with E-state index in [1.807, 2.05) is 17.8 Å². The van der Waals surface area contributed by atoms with Crippen molar-refractivity contribution in [3.63, 3.8) is 0 Å². The van der Waals surface area contributed by atoms with Gasteiger partial charge < -0.3 is 5.32 Å². The van der Waals surface area contributed by atoms with Crippen molar-refractivity contribution in [1.82, 2.24) is 5.32 Å². The summed E-state index contributed by atoms with van der Waals surface area (Å²) in [5, 5.41) is 4.13. The Kier molecular flexibility index (Phi) is 4.08. The number of hydrogen-bond acceptors (Lipinski definition) is 2. The van der Waals surface area contributed by atoms with Gasteiger partial charge in [0, 0.05) is 16.2 Å². The topological polar surface area (TPSA) is 12.0 Å². The summed E-state index contributed by atoms with van der Waals surface area (Å²) in [6.45, 7) is 3.80. The summed E-state index contributed by atoms with van der Waals surface area (Å²) in [6, 6.07) is 9.35. The molecule has 0 radical (unpaired) electrons. The second-order valence-electron chi connectivity index (χ2n) is 4.23. The van der Waals surface area contributed by atoms with Crippen molar-refractivity contribution in [2.24, 2.45) is 0 Å². The Bertz CT molecular complexity index is 337. The minimum atomic E-state index is 0.593. The molecule has 0 aliphatic carbocycles. The molecule has 1 aromatic carbocycles. The molecular formula is C14H19NS. The molecule has 1 N–H and O–H groups in total. The summed E-state index contributed by atoms with van der Waals surface area (Å²) in [5.41, 5.74) is 1.51. The number of benzene rings is 1. The molecule has 1 nitrogen and oxygen atoms in total. The van der Waals surface area contributed by atoms with Gasteiger partial charge in [-0.25, -0.2) is 0 Å². The van der Waals surface area contributed by atoms with Gasteiger partial charge in [-0.3, -0.25) is 0 Å². The van der Waals surface area contributed by atoms with Gasteiger partial charge in [-0.1, -0.05) is 24.3 Å². The number of rotatable bonds is 5. The first-order valence-corrected chi connectivity index (χ1v) is 6.76. The van der Waals surface area contributed by atoms with Gasteiger partial charge in [0.25, 0.3) is 0 Å². The van der Waals surface area contributed by atoms with Gasteiger partial charge >= 0.3 is 0 Å². The zero-order valence-electron chi connectivity index (χ0n) is 9.78. The van der Waals surface area contributed by atoms with E-state index in [0.29, 0.717) is 11.3 Å². The molecular weight excluding hydrogens is 214 g/mol. The van der Waals surface area contributed by atoms with Crippen molar-refractivity contribution in [1.29, 1.82) is 0 Å². The average molecular weight is 233 g/mol. The molecule has 0 amide bonds. The van der Waals surface area contributed by atoms with E-state index in [4.69, 9.17) is 0 Å². The van der Waals surface area contributed by atoms with Crippen LogP contribution in [0.25, 0.3) is 0 Å². The molecule has 1 aliphatic rings. The second kappa shape index (κ2) is 5.55. The summed E-state index contributed by atoms with van der Waals surface area (Å²) >= 11 is 2.02. The summed E-state index contributed by atoms with van der Waals surface area (Å²) in [7, 11) is 2.07. The fourth-order valence-electron chi connectivity index (χ4n) is 2.25. The average Bonchev–Trinajstić information content (AvgIpc) is 2.73. The van der Waals surface area contributed by atoms with Crippen LogP contribution in [0.3, 0.4) is 0 Å². The van der Waals surface area contributed by atoms with Gasteiger partial charge in [-0.15, -0.1) is 18.3 Å². The molecule has 2 unspecified atom stereocenters. The van der Waals surface area contributed by atoms with Crippen molar-refractivity contribution < 1.29 is 0 Å². The molecule has 1 heterocycles. The van der Waals surface area contributed by atoms with Gasteiger partial charge in [0.05, 0.1) is 0 Å². The quantitative estimate of drug-likeness (QED) is 0.783. The number of hydrogen-bond donors (Lipinski definition) is 1. The highest BCUT2D eigenvalue weighted by Crippen LogP contribution is 2.38. The third kappa shape index (κ3) is 2.50. The van der Waals surface area contributed by atoms with E-state index in [0.717, 1.165) is 6.42 Å². The van der Waals surface area contributed by atoms with Gasteiger partial charge in [-0.05, 0) is 37.9 Å². The predicted molar refractivity (Wildman–Crippen MR) is 72.1 cm³/mol. The second-order valence-corrected chi connectivity index (χ2v) is 5.51. The number of fused-ring (bicyclic) bond motifs is 1. The molecule has 0 fully saturated rings. The summed E-state index contributed by atoms with van der Waals surface area (Å²) in [5.74, 6) is 0. The standard InChI is InChI=1S/C14H19NS/c1-3-4-8-12(15-2)14-10-11-7-5-6-9-13(11)16-14/h3,5-7,9,12,14-15H,1,4,8,10H2,2H3. The van der Waals surface area contributed by atoms with E-state index < -0.39 is 0 Å². The SMILES string of the molecule is C=CCCC(NC)C1Cc2ccccc2S1. The maximum Gasteiger partial charge on any atom is 0.0289 e. The van der Waals surface area contributed by atoms with E-state index in [9.17, 15) is 0 Å². The third-order valence-electron chi connectivity index (χ3n) is 3.17. The Hall–Kier alpha value is -0.730. The van der Waals surface area contributed by atoms with Crippen LogP contribution in [-0.4, -0.2) is 18.3 Å². The normalized spacial score (nSPS) is 20.4. The van der Waals surface area contributed by atoms with E-state index in [1.165, 1.54) is 23.3 Å². The van der Waals surface area contributed by atoms with Gasteiger partial charge in [0.1, 0.15) is 0 Å². The Morgan fingerprint density at radius 2 is 2.38 bits per heavy atom. The first-order chi connectivity index (χ1) is 7.85. The monoisotopic (exact) mass is 233 g/mol. The highest BCUT2D eigenvalue weighted by atomic mass is 32.2. The molecule has 16 heavy (non-hydrogen) atoms. The van der Waals surface area contributed by atoms with Crippen molar-refractivity contribution in [2.45, 2.75) is 35.4 Å². The van der Waals surface area contributed by atoms with Crippen molar-refractivity contribution in [3.8, 4) is 0 Å². The molecule has 2 atom stereocenters. The number of nitrogens with one attached hydrogen (secondary N) is 1. The summed E-state index contributed by atoms with van der Waals surface area (Å²) in [6.07, 6.45) is 5.49. The Morgan fingerprint density at radius 3 is 3.06 bits per heavy atom. The van der Waals surface area contributed by atoms with E-state index >= 15 is 0 Å². The zero-order chi connectivity index (χ0) is 11.4. The predicted octanol–water partition coefficient (Wildman–Crippen LogP) is 3.26. The first kappa shape index (κ1) is 11.7. The van der Waals surface area contributed by atoms with Crippen LogP contribution in [0.4, 0.5) is 0 Å². The van der Waals surface area contributed by atoms with Crippen LogP contribution in [0.5, 0.6) is 0 Å². The molecule has 0 bridgehead atoms. The number of thioether (sulfide) groups is 1. The fraction of sp³-hybridized carbons (Fsp3) is 0.429. The van der Waals surface area contributed by atoms with Gasteiger partial charge in [0.2, 0.25) is 0 Å². The summed E-state index contributed by atoms with van der Waals surface area (Å²) < 4.78 is 0. The molecule has 0 saturated heterocycles. The van der Waals surface area contributed by atoms with Crippen molar-refractivity contribution in [3.05, 3.63) is 42.5 Å². The smallest absolute Gasteiger partial charge is 0.0289 e. The molecule has 0 spiro atoms. The number of allylic oxidation sites excluding steroid dienone is 1. The van der Waals surface area contributed by atoms with Crippen LogP contribution in [0.1, 0.15) is 18.4 Å². The lowest BCUT2D eigenvalue weighted by atomic mass is 10.0. The Balaban J connectivity index is 2.00. The van der Waals surface area contributed by atoms with Crippen molar-refractivity contribution >= 4 is 11.8 Å². The third-order valence-corrected chi connectivity index (χ3v) is 4.62. The maximum absolute atomic E-state index is 3.80. The Morgan fingerprint density at radius 1 is 1.56 bits per heavy atom. The lowest BCUT2D eigenvalue weighted by Crippen LogP contribution is -2.35. The highest BCUT2D eigenvalue weighted by Gasteiger charge is 2.27. The van der Waals surface area contributed by atoms with E-state index in [-0.39, 0.29) is 0 Å². The lowest BCUT2D eigenvalue weighted by Gasteiger charge is -2.21. The largest absolute Gasteiger partial charge is 0.316 e. The van der Waals surface area contributed by atoms with Crippen LogP contribution < -0.4 is 5.32 Å². The van der Waals surface area contributed by atoms with Crippen LogP contribution >= 0.6 is 11.8 Å². The molecule has 1 aliphatic heterocycles. The molecule has 0 aromatic heterocycles. The van der Waals surface area contributed by atoms with Crippen molar-refractivity contribution in [2.75, 3.05) is 7.05 Å². The first-order valence-electron chi connectivity index (χ1n) is 5.88. The van der Waals surface area contributed by atoms with E-state index in [2.05, 4.69) is 43.2 Å². The van der Waals surface area contributed by atoms with Crippen LogP contribution in [0.15, 0.2) is 41.8 Å². The maximum atomic E-state index is 3.80. The van der Waals surface area contributed by atoms with Gasteiger partial charge in [-0.2, -0.15) is 0 Å². The molecule has 0 saturated carbocycles. The fourth-order valence-corrected chi connectivity index (χ4v) is 3.73. The zero-order valence-corrected chi connectivity index (χ0v) is 10.6. The molecule has 2 heteroatoms. The lowest BCUT2D eigenvalue weighted by molar-refractivity contribution is 0.508. The minimum absolute atomic E-state index is 0.593.